The van der Waals surface area contributed by atoms with Crippen LogP contribution in [0.2, 0.25) is 0 Å². The van der Waals surface area contributed by atoms with E-state index in [2.05, 4.69) is 10.6 Å². The monoisotopic (exact) mass is 440 g/mol. The van der Waals surface area contributed by atoms with Gasteiger partial charge < -0.3 is 20.1 Å². The summed E-state index contributed by atoms with van der Waals surface area (Å²) in [7, 11) is 0. The number of nitrogens with one attached hydrogen (secondary N) is 2. The Morgan fingerprint density at radius 2 is 0.938 bits per heavy atom. The molecule has 2 N–H and O–H groups in total. The Balaban J connectivity index is 1.47. The van der Waals surface area contributed by atoms with Crippen LogP contribution in [0.1, 0.15) is 65.2 Å². The summed E-state index contributed by atoms with van der Waals surface area (Å²) < 4.78 is 10.8. The number of anilines is 2. The van der Waals surface area contributed by atoms with Crippen molar-refractivity contribution in [3.05, 3.63) is 48.5 Å². The van der Waals surface area contributed by atoms with Crippen LogP contribution >= 0.6 is 0 Å². The smallest absolute Gasteiger partial charge is 0.224 e. The number of amides is 2. The predicted octanol–water partition coefficient (Wildman–Crippen LogP) is 6.18. The third-order valence-corrected chi connectivity index (χ3v) is 4.96. The molecule has 2 aromatic rings. The van der Waals surface area contributed by atoms with Crippen molar-refractivity contribution in [3.8, 4) is 11.5 Å². The molecule has 0 radical (unpaired) electrons. The van der Waals surface area contributed by atoms with Crippen molar-refractivity contribution in [2.45, 2.75) is 65.2 Å². The fourth-order valence-corrected chi connectivity index (χ4v) is 3.33. The number of carbonyl (C=O) groups is 2. The molecule has 6 nitrogen and oxygen atoms in total. The predicted molar refractivity (Wildman–Crippen MR) is 129 cm³/mol. The van der Waals surface area contributed by atoms with Gasteiger partial charge >= 0.3 is 0 Å². The van der Waals surface area contributed by atoms with Gasteiger partial charge in [-0.15, -0.1) is 0 Å². The van der Waals surface area contributed by atoms with Crippen molar-refractivity contribution < 1.29 is 19.1 Å². The summed E-state index contributed by atoms with van der Waals surface area (Å²) in [5.41, 5.74) is 1.59. The highest BCUT2D eigenvalue weighted by molar-refractivity contribution is 5.91. The van der Waals surface area contributed by atoms with Gasteiger partial charge in [0, 0.05) is 24.2 Å². The second-order valence-corrected chi connectivity index (χ2v) is 7.63. The van der Waals surface area contributed by atoms with Crippen molar-refractivity contribution in [2.24, 2.45) is 0 Å². The number of rotatable bonds is 15. The highest BCUT2D eigenvalue weighted by Gasteiger charge is 2.04. The van der Waals surface area contributed by atoms with Crippen molar-refractivity contribution >= 4 is 23.2 Å². The van der Waals surface area contributed by atoms with Crippen LogP contribution in [0.5, 0.6) is 11.5 Å². The zero-order valence-electron chi connectivity index (χ0n) is 19.3. The average Bonchev–Trinajstić information content (AvgIpc) is 2.78. The van der Waals surface area contributed by atoms with Gasteiger partial charge in [-0.25, -0.2) is 0 Å². The van der Waals surface area contributed by atoms with Crippen molar-refractivity contribution in [3.63, 3.8) is 0 Å². The lowest BCUT2D eigenvalue weighted by atomic mass is 10.1. The van der Waals surface area contributed by atoms with Gasteiger partial charge in [0.1, 0.15) is 11.5 Å². The zero-order valence-corrected chi connectivity index (χ0v) is 19.3. The summed E-state index contributed by atoms with van der Waals surface area (Å²) in [5.74, 6) is 1.69. The van der Waals surface area contributed by atoms with Crippen LogP contribution in [0.25, 0.3) is 0 Å². The van der Waals surface area contributed by atoms with Crippen LogP contribution in [0.3, 0.4) is 0 Å². The highest BCUT2D eigenvalue weighted by Crippen LogP contribution is 2.17. The molecule has 0 atom stereocenters. The molecular weight excluding hydrogens is 404 g/mol. The lowest BCUT2D eigenvalue weighted by Crippen LogP contribution is -2.11. The molecule has 174 valence electrons. The summed E-state index contributed by atoms with van der Waals surface area (Å²) in [5, 5.41) is 5.84. The van der Waals surface area contributed by atoms with Gasteiger partial charge in [0.05, 0.1) is 13.2 Å². The zero-order chi connectivity index (χ0) is 23.0. The Morgan fingerprint density at radius 3 is 1.28 bits per heavy atom. The molecule has 0 saturated heterocycles. The molecule has 0 aliphatic carbocycles. The fraction of sp³-hybridized carbons (Fsp3) is 0.462. The fourth-order valence-electron chi connectivity index (χ4n) is 3.33. The van der Waals surface area contributed by atoms with Crippen molar-refractivity contribution in [1.29, 1.82) is 0 Å². The molecule has 32 heavy (non-hydrogen) atoms. The summed E-state index contributed by atoms with van der Waals surface area (Å²) in [6.07, 6.45) is 7.01. The molecule has 2 rings (SSSR count). The van der Waals surface area contributed by atoms with Gasteiger partial charge in [-0.2, -0.15) is 0 Å². The Hall–Kier alpha value is -3.02. The third-order valence-electron chi connectivity index (χ3n) is 4.96. The maximum Gasteiger partial charge on any atom is 0.224 e. The van der Waals surface area contributed by atoms with E-state index in [0.717, 1.165) is 61.4 Å². The number of benzene rings is 2. The Kier molecular flexibility index (Phi) is 11.7. The first-order valence-electron chi connectivity index (χ1n) is 11.7. The minimum Gasteiger partial charge on any atom is -0.494 e. The second-order valence-electron chi connectivity index (χ2n) is 7.63. The standard InChI is InChI=1S/C26H36N2O4/c1-3-31-23-17-13-21(14-18-23)27-25(29)11-9-7-5-6-8-10-12-26(30)28-22-15-19-24(20-16-22)32-4-2/h13-20H,3-12H2,1-2H3,(H,27,29)(H,28,30). The van der Waals surface area contributed by atoms with Gasteiger partial charge in [-0.1, -0.05) is 25.7 Å². The van der Waals surface area contributed by atoms with Crippen LogP contribution in [0.4, 0.5) is 11.4 Å². The van der Waals surface area contributed by atoms with E-state index in [-0.39, 0.29) is 11.8 Å². The number of hydrogen-bond acceptors (Lipinski definition) is 4. The molecule has 0 heterocycles. The first-order chi connectivity index (χ1) is 15.6. The lowest BCUT2D eigenvalue weighted by molar-refractivity contribution is -0.117. The van der Waals surface area contributed by atoms with Crippen LogP contribution in [0.15, 0.2) is 48.5 Å². The topological polar surface area (TPSA) is 76.7 Å². The normalized spacial score (nSPS) is 10.4. The molecule has 0 spiro atoms. The van der Waals surface area contributed by atoms with Crippen LogP contribution in [-0.2, 0) is 9.59 Å². The van der Waals surface area contributed by atoms with E-state index in [4.69, 9.17) is 9.47 Å². The summed E-state index contributed by atoms with van der Waals surface area (Å²) in [6, 6.07) is 14.9. The van der Waals surface area contributed by atoms with E-state index in [0.29, 0.717) is 26.1 Å². The molecule has 0 aromatic heterocycles. The largest absolute Gasteiger partial charge is 0.494 e. The van der Waals surface area contributed by atoms with Gasteiger partial charge in [0.15, 0.2) is 0 Å². The van der Waals surface area contributed by atoms with E-state index in [1.54, 1.807) is 0 Å². The Bertz CT molecular complexity index is 734. The van der Waals surface area contributed by atoms with Gasteiger partial charge in [-0.3, -0.25) is 9.59 Å². The van der Waals surface area contributed by atoms with Gasteiger partial charge in [0.25, 0.3) is 0 Å². The molecular formula is C26H36N2O4. The van der Waals surface area contributed by atoms with E-state index in [1.807, 2.05) is 62.4 Å². The number of unbranched alkanes of at least 4 members (excludes halogenated alkanes) is 5. The van der Waals surface area contributed by atoms with E-state index >= 15 is 0 Å². The number of carbonyl (C=O) groups excluding carboxylic acids is 2. The lowest BCUT2D eigenvalue weighted by Gasteiger charge is -2.08. The van der Waals surface area contributed by atoms with Gasteiger partial charge in [-0.05, 0) is 75.2 Å². The Labute approximate surface area is 191 Å². The molecule has 0 aliphatic rings. The maximum absolute atomic E-state index is 12.0. The first kappa shape index (κ1) is 25.2. The summed E-state index contributed by atoms with van der Waals surface area (Å²) in [6.45, 7) is 5.14. The van der Waals surface area contributed by atoms with E-state index < -0.39 is 0 Å². The first-order valence-corrected chi connectivity index (χ1v) is 11.7. The van der Waals surface area contributed by atoms with E-state index in [1.165, 1.54) is 0 Å². The molecule has 6 heteroatoms. The molecule has 2 amide bonds. The molecule has 0 unspecified atom stereocenters. The van der Waals surface area contributed by atoms with Crippen LogP contribution < -0.4 is 20.1 Å². The highest BCUT2D eigenvalue weighted by atomic mass is 16.5. The SMILES string of the molecule is CCOc1ccc(NC(=O)CCCCCCCCC(=O)Nc2ccc(OCC)cc2)cc1. The minimum absolute atomic E-state index is 0.0418. The van der Waals surface area contributed by atoms with Gasteiger partial charge in [0.2, 0.25) is 11.8 Å². The quantitative estimate of drug-likeness (QED) is 0.324. The number of ether oxygens (including phenoxy) is 2. The van der Waals surface area contributed by atoms with Crippen molar-refractivity contribution in [2.75, 3.05) is 23.8 Å². The Morgan fingerprint density at radius 1 is 0.594 bits per heavy atom. The summed E-state index contributed by atoms with van der Waals surface area (Å²) in [4.78, 5) is 24.1. The van der Waals surface area contributed by atoms with Crippen molar-refractivity contribution in [1.82, 2.24) is 0 Å². The van der Waals surface area contributed by atoms with Crippen LogP contribution in [0, 0.1) is 0 Å². The minimum atomic E-state index is 0.0418. The third kappa shape index (κ3) is 10.3. The number of hydrogen-bond donors (Lipinski definition) is 2. The molecule has 0 fully saturated rings. The average molecular weight is 441 g/mol. The summed E-state index contributed by atoms with van der Waals surface area (Å²) >= 11 is 0. The molecule has 0 aliphatic heterocycles. The molecule has 0 saturated carbocycles. The molecule has 0 bridgehead atoms. The van der Waals surface area contributed by atoms with Crippen LogP contribution in [-0.4, -0.2) is 25.0 Å². The molecule has 2 aromatic carbocycles. The van der Waals surface area contributed by atoms with E-state index in [9.17, 15) is 9.59 Å². The maximum atomic E-state index is 12.0. The second kappa shape index (κ2) is 14.9.